The van der Waals surface area contributed by atoms with Gasteiger partial charge in [0, 0.05) is 19.5 Å². The Morgan fingerprint density at radius 3 is 2.56 bits per heavy atom. The molecule has 1 fully saturated rings. The van der Waals surface area contributed by atoms with Crippen LogP contribution >= 0.6 is 0 Å². The standard InChI is InChI=1S/C19H26N4O2/c1-2-18(24)20-13-17-21-15-9-5-6-10-16(15)23(17)14-19(25)22-11-7-3-4-8-12-22/h5-6,9-10H,2-4,7-8,11-14H2,1H3,(H,20,24). The maximum Gasteiger partial charge on any atom is 0.242 e. The molecule has 0 unspecified atom stereocenters. The van der Waals surface area contributed by atoms with Crippen molar-refractivity contribution >= 4 is 22.8 Å². The van der Waals surface area contributed by atoms with E-state index in [2.05, 4.69) is 10.3 Å². The molecule has 0 atom stereocenters. The Morgan fingerprint density at radius 2 is 1.84 bits per heavy atom. The Hall–Kier alpha value is -2.37. The topological polar surface area (TPSA) is 67.2 Å². The molecule has 0 aliphatic carbocycles. The van der Waals surface area contributed by atoms with Gasteiger partial charge in [-0.15, -0.1) is 0 Å². The Bertz CT molecular complexity index is 745. The molecule has 3 rings (SSSR count). The van der Waals surface area contributed by atoms with E-state index in [1.54, 1.807) is 0 Å². The lowest BCUT2D eigenvalue weighted by Crippen LogP contribution is -2.35. The van der Waals surface area contributed by atoms with Gasteiger partial charge in [0.1, 0.15) is 12.4 Å². The lowest BCUT2D eigenvalue weighted by atomic mass is 10.2. The van der Waals surface area contributed by atoms with Crippen molar-refractivity contribution in [1.29, 1.82) is 0 Å². The van der Waals surface area contributed by atoms with Crippen molar-refractivity contribution in [1.82, 2.24) is 19.8 Å². The van der Waals surface area contributed by atoms with Crippen LogP contribution in [0.25, 0.3) is 11.0 Å². The van der Waals surface area contributed by atoms with Crippen LogP contribution in [0.1, 0.15) is 44.9 Å². The lowest BCUT2D eigenvalue weighted by Gasteiger charge is -2.21. The van der Waals surface area contributed by atoms with E-state index in [1.807, 2.05) is 40.7 Å². The Kier molecular flexibility index (Phi) is 5.68. The van der Waals surface area contributed by atoms with Gasteiger partial charge in [0.25, 0.3) is 0 Å². The van der Waals surface area contributed by atoms with Gasteiger partial charge in [-0.3, -0.25) is 9.59 Å². The van der Waals surface area contributed by atoms with Crippen molar-refractivity contribution < 1.29 is 9.59 Å². The van der Waals surface area contributed by atoms with Crippen molar-refractivity contribution in [2.24, 2.45) is 0 Å². The molecular formula is C19H26N4O2. The van der Waals surface area contributed by atoms with Crippen LogP contribution in [0.3, 0.4) is 0 Å². The first kappa shape index (κ1) is 17.5. The van der Waals surface area contributed by atoms with Gasteiger partial charge in [-0.2, -0.15) is 0 Å². The number of carbonyl (C=O) groups excluding carboxylic acids is 2. The summed E-state index contributed by atoms with van der Waals surface area (Å²) < 4.78 is 1.94. The number of carbonyl (C=O) groups is 2. The molecule has 0 saturated carbocycles. The van der Waals surface area contributed by atoms with E-state index in [4.69, 9.17) is 0 Å². The number of nitrogens with zero attached hydrogens (tertiary/aromatic N) is 3. The summed E-state index contributed by atoms with van der Waals surface area (Å²) in [5, 5.41) is 2.87. The number of aromatic nitrogens is 2. The maximum absolute atomic E-state index is 12.8. The van der Waals surface area contributed by atoms with Gasteiger partial charge in [-0.25, -0.2) is 4.98 Å². The lowest BCUT2D eigenvalue weighted by molar-refractivity contribution is -0.131. The number of likely N-dealkylation sites (tertiary alicyclic amines) is 1. The van der Waals surface area contributed by atoms with Crippen molar-refractivity contribution in [3.63, 3.8) is 0 Å². The van der Waals surface area contributed by atoms with Crippen LogP contribution in [0.15, 0.2) is 24.3 Å². The molecule has 0 spiro atoms. The van der Waals surface area contributed by atoms with Crippen LogP contribution in [0.4, 0.5) is 0 Å². The molecule has 6 heteroatoms. The first-order valence-corrected chi connectivity index (χ1v) is 9.17. The predicted molar refractivity (Wildman–Crippen MR) is 96.9 cm³/mol. The van der Waals surface area contributed by atoms with Crippen molar-refractivity contribution in [3.05, 3.63) is 30.1 Å². The molecule has 2 aromatic rings. The summed E-state index contributed by atoms with van der Waals surface area (Å²) in [5.41, 5.74) is 1.79. The summed E-state index contributed by atoms with van der Waals surface area (Å²) in [6.45, 7) is 4.12. The number of hydrogen-bond donors (Lipinski definition) is 1. The smallest absolute Gasteiger partial charge is 0.242 e. The van der Waals surface area contributed by atoms with Crippen molar-refractivity contribution in [2.45, 2.75) is 52.1 Å². The van der Waals surface area contributed by atoms with E-state index >= 15 is 0 Å². The highest BCUT2D eigenvalue weighted by molar-refractivity contribution is 5.81. The number of rotatable bonds is 5. The third kappa shape index (κ3) is 4.18. The molecule has 6 nitrogen and oxygen atoms in total. The first-order valence-electron chi connectivity index (χ1n) is 9.17. The fourth-order valence-corrected chi connectivity index (χ4v) is 3.29. The van der Waals surface area contributed by atoms with Crippen LogP contribution < -0.4 is 5.32 Å². The number of para-hydroxylation sites is 2. The minimum atomic E-state index is -0.0162. The van der Waals surface area contributed by atoms with E-state index in [0.29, 0.717) is 13.0 Å². The zero-order valence-electron chi connectivity index (χ0n) is 14.8. The fraction of sp³-hybridized carbons (Fsp3) is 0.526. The second kappa shape index (κ2) is 8.14. The van der Waals surface area contributed by atoms with E-state index in [9.17, 15) is 9.59 Å². The Balaban J connectivity index is 1.82. The van der Waals surface area contributed by atoms with Crippen molar-refractivity contribution in [2.75, 3.05) is 13.1 Å². The molecule has 1 aromatic heterocycles. The number of amides is 2. The molecule has 1 aromatic carbocycles. The average Bonchev–Trinajstić information content (AvgIpc) is 2.80. The molecule has 134 valence electrons. The summed E-state index contributed by atoms with van der Waals surface area (Å²) in [6.07, 6.45) is 5.00. The molecule has 1 aliphatic rings. The normalized spacial score (nSPS) is 15.2. The fourth-order valence-electron chi connectivity index (χ4n) is 3.29. The highest BCUT2D eigenvalue weighted by atomic mass is 16.2. The van der Waals surface area contributed by atoms with E-state index < -0.39 is 0 Å². The monoisotopic (exact) mass is 342 g/mol. The van der Waals surface area contributed by atoms with E-state index in [1.165, 1.54) is 12.8 Å². The molecule has 0 bridgehead atoms. The molecule has 2 heterocycles. The maximum atomic E-state index is 12.8. The summed E-state index contributed by atoms with van der Waals surface area (Å²) in [5.74, 6) is 0.844. The van der Waals surface area contributed by atoms with E-state index in [0.717, 1.165) is 42.8 Å². The van der Waals surface area contributed by atoms with Gasteiger partial charge in [0.15, 0.2) is 0 Å². The number of hydrogen-bond acceptors (Lipinski definition) is 3. The van der Waals surface area contributed by atoms with Crippen LogP contribution in [-0.2, 0) is 22.7 Å². The van der Waals surface area contributed by atoms with Crippen LogP contribution in [0, 0.1) is 0 Å². The zero-order chi connectivity index (χ0) is 17.6. The number of imidazole rings is 1. The molecule has 25 heavy (non-hydrogen) atoms. The van der Waals surface area contributed by atoms with Gasteiger partial charge in [0.2, 0.25) is 11.8 Å². The molecule has 1 saturated heterocycles. The van der Waals surface area contributed by atoms with Gasteiger partial charge in [-0.1, -0.05) is 31.9 Å². The van der Waals surface area contributed by atoms with Crippen molar-refractivity contribution in [3.8, 4) is 0 Å². The SMILES string of the molecule is CCC(=O)NCc1nc2ccccc2n1CC(=O)N1CCCCCC1. The van der Waals surface area contributed by atoms with E-state index in [-0.39, 0.29) is 18.4 Å². The molecular weight excluding hydrogens is 316 g/mol. The van der Waals surface area contributed by atoms with Crippen LogP contribution in [0.5, 0.6) is 0 Å². The Labute approximate surface area is 148 Å². The van der Waals surface area contributed by atoms with Crippen LogP contribution in [-0.4, -0.2) is 39.4 Å². The molecule has 0 radical (unpaired) electrons. The summed E-state index contributed by atoms with van der Waals surface area (Å²) in [4.78, 5) is 31.0. The van der Waals surface area contributed by atoms with Gasteiger partial charge >= 0.3 is 0 Å². The molecule has 2 amide bonds. The quantitative estimate of drug-likeness (QED) is 0.908. The van der Waals surface area contributed by atoms with Gasteiger partial charge in [-0.05, 0) is 25.0 Å². The largest absolute Gasteiger partial charge is 0.349 e. The van der Waals surface area contributed by atoms with Gasteiger partial charge < -0.3 is 14.8 Å². The highest BCUT2D eigenvalue weighted by Gasteiger charge is 2.19. The molecule has 1 N–H and O–H groups in total. The minimum absolute atomic E-state index is 0.0162. The Morgan fingerprint density at radius 1 is 1.12 bits per heavy atom. The third-order valence-electron chi connectivity index (χ3n) is 4.75. The average molecular weight is 342 g/mol. The summed E-state index contributed by atoms with van der Waals surface area (Å²) in [7, 11) is 0. The summed E-state index contributed by atoms with van der Waals surface area (Å²) in [6, 6.07) is 7.80. The first-order chi connectivity index (χ1) is 12.2. The number of benzene rings is 1. The second-order valence-corrected chi connectivity index (χ2v) is 6.53. The van der Waals surface area contributed by atoms with Gasteiger partial charge in [0.05, 0.1) is 17.6 Å². The second-order valence-electron chi connectivity index (χ2n) is 6.53. The van der Waals surface area contributed by atoms with Crippen LogP contribution in [0.2, 0.25) is 0 Å². The molecule has 1 aliphatic heterocycles. The number of nitrogens with one attached hydrogen (secondary N) is 1. The highest BCUT2D eigenvalue weighted by Crippen LogP contribution is 2.17. The zero-order valence-corrected chi connectivity index (χ0v) is 14.8. The summed E-state index contributed by atoms with van der Waals surface area (Å²) >= 11 is 0. The third-order valence-corrected chi connectivity index (χ3v) is 4.75. The predicted octanol–water partition coefficient (Wildman–Crippen LogP) is 2.47. The minimum Gasteiger partial charge on any atom is -0.349 e. The number of fused-ring (bicyclic) bond motifs is 1.